The van der Waals surface area contributed by atoms with E-state index in [2.05, 4.69) is 17.0 Å². The van der Waals surface area contributed by atoms with Gasteiger partial charge in [-0.2, -0.15) is 0 Å². The molecule has 0 saturated heterocycles. The third-order valence-corrected chi connectivity index (χ3v) is 4.65. The first-order valence-electron chi connectivity index (χ1n) is 5.73. The van der Waals surface area contributed by atoms with E-state index in [1.54, 1.807) is 7.11 Å². The molecule has 17 heavy (non-hydrogen) atoms. The van der Waals surface area contributed by atoms with Crippen LogP contribution in [0.3, 0.4) is 0 Å². The molecule has 0 amide bonds. The number of thioether (sulfide) groups is 1. The Labute approximate surface area is 107 Å². The van der Waals surface area contributed by atoms with Gasteiger partial charge in [-0.1, -0.05) is 0 Å². The van der Waals surface area contributed by atoms with Crippen molar-refractivity contribution in [2.24, 2.45) is 0 Å². The van der Waals surface area contributed by atoms with Crippen LogP contribution in [-0.2, 0) is 5.54 Å². The lowest BCUT2D eigenvalue weighted by atomic mass is 9.86. The molecule has 1 aromatic carbocycles. The molecule has 2 rings (SSSR count). The maximum Gasteiger partial charge on any atom is 0.119 e. The van der Waals surface area contributed by atoms with E-state index in [1.807, 2.05) is 31.9 Å². The van der Waals surface area contributed by atoms with Crippen molar-refractivity contribution in [3.05, 3.63) is 23.8 Å². The first-order chi connectivity index (χ1) is 8.14. The first-order valence-corrected chi connectivity index (χ1v) is 6.72. The molecule has 3 nitrogen and oxygen atoms in total. The number of benzene rings is 1. The molecule has 0 bridgehead atoms. The Morgan fingerprint density at radius 2 is 2.24 bits per heavy atom. The molecule has 0 radical (unpaired) electrons. The summed E-state index contributed by atoms with van der Waals surface area (Å²) in [6.07, 6.45) is 0.960. The summed E-state index contributed by atoms with van der Waals surface area (Å²) in [5.41, 5.74) is 0.912. The fraction of sp³-hybridized carbons (Fsp3) is 0.538. The lowest BCUT2D eigenvalue weighted by Gasteiger charge is -2.42. The van der Waals surface area contributed by atoms with E-state index < -0.39 is 0 Å². The van der Waals surface area contributed by atoms with E-state index >= 15 is 0 Å². The Morgan fingerprint density at radius 3 is 2.82 bits per heavy atom. The van der Waals surface area contributed by atoms with E-state index in [1.165, 1.54) is 10.5 Å². The van der Waals surface area contributed by atoms with Gasteiger partial charge in [-0.25, -0.2) is 0 Å². The van der Waals surface area contributed by atoms with Crippen LogP contribution >= 0.6 is 11.8 Å². The number of ether oxygens (including phenoxy) is 1. The highest BCUT2D eigenvalue weighted by Crippen LogP contribution is 2.44. The third-order valence-electron chi connectivity index (χ3n) is 3.58. The number of methoxy groups -OCH3 is 1. The summed E-state index contributed by atoms with van der Waals surface area (Å²) in [4.78, 5) is 3.37. The first kappa shape index (κ1) is 12.7. The minimum Gasteiger partial charge on any atom is -0.497 e. The van der Waals surface area contributed by atoms with Gasteiger partial charge in [0.25, 0.3) is 0 Å². The van der Waals surface area contributed by atoms with Crippen molar-refractivity contribution in [2.45, 2.75) is 16.9 Å². The SMILES string of the molecule is COc1ccc2c(c1)C(CO)(N(C)C)CCS2. The lowest BCUT2D eigenvalue weighted by molar-refractivity contribution is 0.0593. The van der Waals surface area contributed by atoms with Gasteiger partial charge < -0.3 is 9.84 Å². The van der Waals surface area contributed by atoms with Crippen molar-refractivity contribution in [1.82, 2.24) is 4.90 Å². The largest absolute Gasteiger partial charge is 0.497 e. The minimum absolute atomic E-state index is 0.140. The lowest BCUT2D eigenvalue weighted by Crippen LogP contribution is -2.46. The second-order valence-electron chi connectivity index (χ2n) is 4.54. The molecule has 0 saturated carbocycles. The molecule has 1 aliphatic heterocycles. The summed E-state index contributed by atoms with van der Waals surface area (Å²) < 4.78 is 5.29. The third kappa shape index (κ3) is 2.05. The van der Waals surface area contributed by atoms with Crippen molar-refractivity contribution in [3.63, 3.8) is 0 Å². The van der Waals surface area contributed by atoms with Crippen molar-refractivity contribution in [3.8, 4) is 5.75 Å². The predicted octanol–water partition coefficient (Wildman–Crippen LogP) is 1.94. The highest BCUT2D eigenvalue weighted by molar-refractivity contribution is 7.99. The maximum absolute atomic E-state index is 9.83. The summed E-state index contributed by atoms with van der Waals surface area (Å²) in [7, 11) is 5.72. The van der Waals surface area contributed by atoms with Gasteiger partial charge in [-0.15, -0.1) is 11.8 Å². The molecule has 94 valence electrons. The molecule has 1 unspecified atom stereocenters. The van der Waals surface area contributed by atoms with E-state index in [9.17, 15) is 5.11 Å². The number of hydrogen-bond donors (Lipinski definition) is 1. The van der Waals surface area contributed by atoms with Crippen molar-refractivity contribution >= 4 is 11.8 Å². The average Bonchev–Trinajstić information content (AvgIpc) is 2.37. The van der Waals surface area contributed by atoms with E-state index in [0.29, 0.717) is 0 Å². The van der Waals surface area contributed by atoms with Gasteiger partial charge in [0.2, 0.25) is 0 Å². The molecular weight excluding hydrogens is 234 g/mol. The second kappa shape index (κ2) is 4.88. The van der Waals surface area contributed by atoms with E-state index in [4.69, 9.17) is 4.74 Å². The molecule has 4 heteroatoms. The van der Waals surface area contributed by atoms with Crippen LogP contribution in [0, 0.1) is 0 Å². The maximum atomic E-state index is 9.83. The zero-order valence-electron chi connectivity index (χ0n) is 10.6. The molecule has 0 aromatic heterocycles. The molecule has 1 aliphatic rings. The number of likely N-dealkylation sites (N-methyl/N-ethyl adjacent to an activating group) is 1. The zero-order chi connectivity index (χ0) is 12.5. The number of nitrogens with zero attached hydrogens (tertiary/aromatic N) is 1. The Bertz CT molecular complexity index is 408. The minimum atomic E-state index is -0.269. The fourth-order valence-electron chi connectivity index (χ4n) is 2.36. The normalized spacial score (nSPS) is 23.6. The van der Waals surface area contributed by atoms with E-state index in [-0.39, 0.29) is 12.1 Å². The quantitative estimate of drug-likeness (QED) is 0.892. The van der Waals surface area contributed by atoms with Crippen LogP contribution < -0.4 is 4.74 Å². The van der Waals surface area contributed by atoms with Crippen molar-refractivity contribution in [1.29, 1.82) is 0 Å². The number of aliphatic hydroxyl groups is 1. The number of fused-ring (bicyclic) bond motifs is 1. The summed E-state index contributed by atoms with van der Waals surface area (Å²) in [5.74, 6) is 1.89. The number of rotatable bonds is 3. The van der Waals surface area contributed by atoms with Crippen LogP contribution in [0.2, 0.25) is 0 Å². The number of hydrogen-bond acceptors (Lipinski definition) is 4. The van der Waals surface area contributed by atoms with Crippen molar-refractivity contribution < 1.29 is 9.84 Å². The molecule has 1 atom stereocenters. The van der Waals surface area contributed by atoms with Gasteiger partial charge in [-0.3, -0.25) is 4.90 Å². The second-order valence-corrected chi connectivity index (χ2v) is 5.68. The van der Waals surface area contributed by atoms with Crippen LogP contribution in [0.15, 0.2) is 23.1 Å². The smallest absolute Gasteiger partial charge is 0.119 e. The van der Waals surface area contributed by atoms with Gasteiger partial charge in [0.05, 0.1) is 19.3 Å². The summed E-state index contributed by atoms with van der Waals surface area (Å²) in [5, 5.41) is 9.83. The fourth-order valence-corrected chi connectivity index (χ4v) is 3.59. The summed E-state index contributed by atoms with van der Waals surface area (Å²) in [6, 6.07) is 6.12. The highest BCUT2D eigenvalue weighted by Gasteiger charge is 2.38. The van der Waals surface area contributed by atoms with Gasteiger partial charge in [-0.05, 0) is 44.3 Å². The molecule has 1 aromatic rings. The molecule has 1 N–H and O–H groups in total. The summed E-state index contributed by atoms with van der Waals surface area (Å²) >= 11 is 1.85. The number of aliphatic hydroxyl groups excluding tert-OH is 1. The van der Waals surface area contributed by atoms with Gasteiger partial charge in [0.1, 0.15) is 5.75 Å². The van der Waals surface area contributed by atoms with Crippen molar-refractivity contribution in [2.75, 3.05) is 33.6 Å². The zero-order valence-corrected chi connectivity index (χ0v) is 11.4. The molecule has 1 heterocycles. The van der Waals surface area contributed by atoms with Crippen LogP contribution in [0.4, 0.5) is 0 Å². The topological polar surface area (TPSA) is 32.7 Å². The average molecular weight is 253 g/mol. The van der Waals surface area contributed by atoms with Crippen LogP contribution in [0.1, 0.15) is 12.0 Å². The molecule has 0 aliphatic carbocycles. The monoisotopic (exact) mass is 253 g/mol. The van der Waals surface area contributed by atoms with Crippen LogP contribution in [-0.4, -0.2) is 43.6 Å². The standard InChI is InChI=1S/C13H19NO2S/c1-14(2)13(9-15)6-7-17-12-5-4-10(16-3)8-11(12)13/h4-5,8,15H,6-7,9H2,1-3H3. The van der Waals surface area contributed by atoms with Gasteiger partial charge >= 0.3 is 0 Å². The van der Waals surface area contributed by atoms with E-state index in [0.717, 1.165) is 17.9 Å². The summed E-state index contributed by atoms with van der Waals surface area (Å²) in [6.45, 7) is 0.140. The Kier molecular flexibility index (Phi) is 3.66. The Hall–Kier alpha value is -0.710. The van der Waals surface area contributed by atoms with Crippen LogP contribution in [0.5, 0.6) is 5.75 Å². The Morgan fingerprint density at radius 1 is 1.47 bits per heavy atom. The van der Waals surface area contributed by atoms with Gasteiger partial charge in [0.15, 0.2) is 0 Å². The molecular formula is C13H19NO2S. The molecule has 0 spiro atoms. The van der Waals surface area contributed by atoms with Gasteiger partial charge in [0, 0.05) is 10.6 Å². The predicted molar refractivity (Wildman–Crippen MR) is 70.8 cm³/mol. The molecule has 0 fully saturated rings. The van der Waals surface area contributed by atoms with Crippen LogP contribution in [0.25, 0.3) is 0 Å². The Balaban J connectivity index is 2.54. The highest BCUT2D eigenvalue weighted by atomic mass is 32.2.